The summed E-state index contributed by atoms with van der Waals surface area (Å²) in [4.78, 5) is 15.9. The van der Waals surface area contributed by atoms with Gasteiger partial charge in [0.1, 0.15) is 5.75 Å². The topological polar surface area (TPSA) is 77.5 Å². The van der Waals surface area contributed by atoms with E-state index in [1.807, 2.05) is 29.6 Å². The minimum Gasteiger partial charge on any atom is -0.496 e. The molecule has 2 rings (SSSR count). The highest BCUT2D eigenvalue weighted by Crippen LogP contribution is 2.26. The van der Waals surface area contributed by atoms with Crippen LogP contribution in [0, 0.1) is 5.41 Å². The quantitative estimate of drug-likeness (QED) is 0.355. The molecule has 6 nitrogen and oxygen atoms in total. The fraction of sp³-hybridized carbons (Fsp3) is 0.429. The average Bonchev–Trinajstić information content (AvgIpc) is 3.18. The smallest absolute Gasteiger partial charge is 0.259 e. The van der Waals surface area contributed by atoms with E-state index in [0.29, 0.717) is 12.1 Å². The third-order valence-corrected chi connectivity index (χ3v) is 6.19. The molecule has 0 radical (unpaired) electrons. The molecule has 29 heavy (non-hydrogen) atoms. The molecular formula is C21H29BrN4O2S. The zero-order valence-electron chi connectivity index (χ0n) is 17.2. The van der Waals surface area contributed by atoms with Gasteiger partial charge in [-0.05, 0) is 61.1 Å². The van der Waals surface area contributed by atoms with E-state index in [-0.39, 0.29) is 11.9 Å². The van der Waals surface area contributed by atoms with Crippen molar-refractivity contribution in [3.63, 3.8) is 0 Å². The van der Waals surface area contributed by atoms with Gasteiger partial charge in [-0.25, -0.2) is 0 Å². The Morgan fingerprint density at radius 2 is 2.00 bits per heavy atom. The van der Waals surface area contributed by atoms with Crippen molar-refractivity contribution in [2.24, 2.45) is 0 Å². The van der Waals surface area contributed by atoms with E-state index in [4.69, 9.17) is 10.1 Å². The number of nitrogens with zero attached hydrogens (tertiary/aromatic N) is 1. The Morgan fingerprint density at radius 1 is 1.24 bits per heavy atom. The number of likely N-dealkylation sites (N-methyl/N-ethyl adjacent to an activating group) is 1. The van der Waals surface area contributed by atoms with Crippen molar-refractivity contribution in [3.05, 3.63) is 50.1 Å². The van der Waals surface area contributed by atoms with E-state index in [0.717, 1.165) is 53.1 Å². The Balaban J connectivity index is 1.91. The highest BCUT2D eigenvalue weighted by atomic mass is 79.9. The highest BCUT2D eigenvalue weighted by Gasteiger charge is 2.15. The summed E-state index contributed by atoms with van der Waals surface area (Å²) in [5.74, 6) is 0.630. The summed E-state index contributed by atoms with van der Waals surface area (Å²) in [5, 5.41) is 15.5. The Kier molecular flexibility index (Phi) is 9.63. The summed E-state index contributed by atoms with van der Waals surface area (Å²) in [6, 6.07) is 7.75. The lowest BCUT2D eigenvalue weighted by molar-refractivity contribution is 0.0975. The Labute approximate surface area is 185 Å². The van der Waals surface area contributed by atoms with Gasteiger partial charge >= 0.3 is 0 Å². The number of methoxy groups -OCH3 is 1. The number of hydrogen-bond donors (Lipinski definition) is 3. The van der Waals surface area contributed by atoms with Crippen LogP contribution in [0.15, 0.2) is 34.1 Å². The summed E-state index contributed by atoms with van der Waals surface area (Å²) < 4.78 is 6.44. The van der Waals surface area contributed by atoms with Crippen LogP contribution in [-0.4, -0.2) is 50.1 Å². The summed E-state index contributed by atoms with van der Waals surface area (Å²) in [6.45, 7) is 7.62. The van der Waals surface area contributed by atoms with Crippen LogP contribution in [0.5, 0.6) is 5.75 Å². The molecule has 1 aromatic heterocycles. The standard InChI is InChI=1S/C21H29BrN4O2S/c1-4-26(5-2)12-11-24-21(23)25-20(27)17-10-13-29-19(17)9-6-15-14-16(22)7-8-18(15)28-3/h7-8,10,13-14H,4-6,9,11-12H2,1-3H3,(H3,23,24,25,27). The SMILES string of the molecule is CCN(CC)CCNC(=N)NC(=O)c1ccsc1CCc1cc(Br)ccc1OC. The van der Waals surface area contributed by atoms with E-state index in [2.05, 4.69) is 45.3 Å². The van der Waals surface area contributed by atoms with Crippen molar-refractivity contribution in [1.29, 1.82) is 5.41 Å². The van der Waals surface area contributed by atoms with Crippen LogP contribution in [0.25, 0.3) is 0 Å². The van der Waals surface area contributed by atoms with Crippen LogP contribution < -0.4 is 15.4 Å². The van der Waals surface area contributed by atoms with Gasteiger partial charge in [0.05, 0.1) is 12.7 Å². The number of guanidine groups is 1. The number of rotatable bonds is 10. The monoisotopic (exact) mass is 480 g/mol. The van der Waals surface area contributed by atoms with Crippen LogP contribution in [0.4, 0.5) is 0 Å². The summed E-state index contributed by atoms with van der Waals surface area (Å²) in [5.41, 5.74) is 1.71. The first kappa shape index (κ1) is 23.4. The number of nitrogens with one attached hydrogen (secondary N) is 3. The zero-order valence-corrected chi connectivity index (χ0v) is 19.6. The van der Waals surface area contributed by atoms with Gasteiger partial charge in [-0.15, -0.1) is 11.3 Å². The first-order valence-corrected chi connectivity index (χ1v) is 11.4. The van der Waals surface area contributed by atoms with Gasteiger partial charge in [0.25, 0.3) is 5.91 Å². The maximum absolute atomic E-state index is 12.6. The van der Waals surface area contributed by atoms with Crippen molar-refractivity contribution in [1.82, 2.24) is 15.5 Å². The molecule has 0 aliphatic heterocycles. The highest BCUT2D eigenvalue weighted by molar-refractivity contribution is 9.10. The van der Waals surface area contributed by atoms with Gasteiger partial charge in [0, 0.05) is 22.4 Å². The first-order chi connectivity index (χ1) is 14.0. The predicted molar refractivity (Wildman–Crippen MR) is 123 cm³/mol. The van der Waals surface area contributed by atoms with Gasteiger partial charge in [-0.1, -0.05) is 29.8 Å². The number of ether oxygens (including phenoxy) is 1. The number of hydrogen-bond acceptors (Lipinski definition) is 5. The largest absolute Gasteiger partial charge is 0.496 e. The average molecular weight is 481 g/mol. The maximum atomic E-state index is 12.6. The van der Waals surface area contributed by atoms with Gasteiger partial charge in [-0.2, -0.15) is 0 Å². The third kappa shape index (κ3) is 7.13. The summed E-state index contributed by atoms with van der Waals surface area (Å²) >= 11 is 5.06. The Bertz CT molecular complexity index is 821. The number of amides is 1. The lowest BCUT2D eigenvalue weighted by Gasteiger charge is -2.18. The van der Waals surface area contributed by atoms with Gasteiger partial charge in [0.2, 0.25) is 0 Å². The van der Waals surface area contributed by atoms with Crippen molar-refractivity contribution >= 4 is 39.1 Å². The number of carbonyl (C=O) groups excluding carboxylic acids is 1. The molecule has 0 atom stereocenters. The first-order valence-electron chi connectivity index (χ1n) is 9.73. The molecule has 1 amide bonds. The number of benzene rings is 1. The molecule has 8 heteroatoms. The minimum atomic E-state index is -0.247. The van der Waals surface area contributed by atoms with Gasteiger partial charge < -0.3 is 15.0 Å². The molecule has 2 aromatic rings. The van der Waals surface area contributed by atoms with E-state index >= 15 is 0 Å². The predicted octanol–water partition coefficient (Wildman–Crippen LogP) is 3.90. The Hall–Kier alpha value is -1.90. The van der Waals surface area contributed by atoms with Crippen LogP contribution >= 0.6 is 27.3 Å². The van der Waals surface area contributed by atoms with Crippen molar-refractivity contribution < 1.29 is 9.53 Å². The molecule has 0 bridgehead atoms. The third-order valence-electron chi connectivity index (χ3n) is 4.72. The van der Waals surface area contributed by atoms with Crippen LogP contribution in [0.1, 0.15) is 34.6 Å². The van der Waals surface area contributed by atoms with Crippen LogP contribution in [-0.2, 0) is 12.8 Å². The summed E-state index contributed by atoms with van der Waals surface area (Å²) in [6.07, 6.45) is 1.50. The maximum Gasteiger partial charge on any atom is 0.259 e. The number of carbonyl (C=O) groups is 1. The normalized spacial score (nSPS) is 10.8. The lowest BCUT2D eigenvalue weighted by atomic mass is 10.1. The van der Waals surface area contributed by atoms with Crippen molar-refractivity contribution in [3.8, 4) is 5.75 Å². The molecule has 1 heterocycles. The number of halogens is 1. The van der Waals surface area contributed by atoms with E-state index in [1.54, 1.807) is 18.4 Å². The molecule has 0 unspecified atom stereocenters. The molecule has 3 N–H and O–H groups in total. The molecule has 158 valence electrons. The second-order valence-electron chi connectivity index (χ2n) is 6.50. The molecule has 0 fully saturated rings. The fourth-order valence-electron chi connectivity index (χ4n) is 3.03. The van der Waals surface area contributed by atoms with Gasteiger partial charge in [0.15, 0.2) is 5.96 Å². The lowest BCUT2D eigenvalue weighted by Crippen LogP contribution is -2.43. The molecule has 0 spiro atoms. The number of aryl methyl sites for hydroxylation is 2. The molecule has 1 aromatic carbocycles. The second-order valence-corrected chi connectivity index (χ2v) is 8.41. The molecular weight excluding hydrogens is 452 g/mol. The molecule has 0 aliphatic carbocycles. The van der Waals surface area contributed by atoms with Gasteiger partial charge in [-0.3, -0.25) is 15.5 Å². The Morgan fingerprint density at radius 3 is 2.69 bits per heavy atom. The second kappa shape index (κ2) is 11.9. The van der Waals surface area contributed by atoms with E-state index in [1.165, 1.54) is 0 Å². The van der Waals surface area contributed by atoms with E-state index in [9.17, 15) is 4.79 Å². The zero-order chi connectivity index (χ0) is 21.2. The fourth-order valence-corrected chi connectivity index (χ4v) is 4.32. The van der Waals surface area contributed by atoms with Crippen molar-refractivity contribution in [2.45, 2.75) is 26.7 Å². The van der Waals surface area contributed by atoms with Crippen LogP contribution in [0.2, 0.25) is 0 Å². The molecule has 0 saturated carbocycles. The summed E-state index contributed by atoms with van der Waals surface area (Å²) in [7, 11) is 1.66. The minimum absolute atomic E-state index is 0.0352. The molecule has 0 saturated heterocycles. The van der Waals surface area contributed by atoms with E-state index < -0.39 is 0 Å². The number of thiophene rings is 1. The molecule has 0 aliphatic rings. The van der Waals surface area contributed by atoms with Crippen LogP contribution in [0.3, 0.4) is 0 Å². The van der Waals surface area contributed by atoms with Crippen molar-refractivity contribution in [2.75, 3.05) is 33.3 Å².